The minimum absolute atomic E-state index is 0.0532. The highest BCUT2D eigenvalue weighted by Gasteiger charge is 2.47. The first-order valence-electron chi connectivity index (χ1n) is 3.99. The lowest BCUT2D eigenvalue weighted by Crippen LogP contribution is -2.35. The predicted molar refractivity (Wildman–Crippen MR) is 44.6 cm³/mol. The Bertz CT molecular complexity index is 260. The molecule has 2 bridgehead atoms. The van der Waals surface area contributed by atoms with Gasteiger partial charge in [0.1, 0.15) is 0 Å². The van der Waals surface area contributed by atoms with Crippen molar-refractivity contribution in [1.29, 1.82) is 0 Å². The van der Waals surface area contributed by atoms with Gasteiger partial charge >= 0.3 is 0 Å². The fourth-order valence-electron chi connectivity index (χ4n) is 2.15. The van der Waals surface area contributed by atoms with Gasteiger partial charge in [0.25, 0.3) is 0 Å². The summed E-state index contributed by atoms with van der Waals surface area (Å²) >= 11 is 5.91. The van der Waals surface area contributed by atoms with E-state index in [2.05, 4.69) is 0 Å². The Balaban J connectivity index is 2.39. The van der Waals surface area contributed by atoms with Crippen molar-refractivity contribution in [2.24, 2.45) is 0 Å². The lowest BCUT2D eigenvalue weighted by molar-refractivity contribution is 0.547. The van der Waals surface area contributed by atoms with Gasteiger partial charge in [-0.2, -0.15) is 0 Å². The topological polar surface area (TPSA) is 34.1 Å². The lowest BCUT2D eigenvalue weighted by Gasteiger charge is -2.23. The number of alkyl halides is 1. The smallest absolute Gasteiger partial charge is 0.157 e. The third-order valence-corrected chi connectivity index (χ3v) is 6.31. The summed E-state index contributed by atoms with van der Waals surface area (Å²) in [5.41, 5.74) is 0. The summed E-state index contributed by atoms with van der Waals surface area (Å²) in [4.78, 5) is 0. The quantitative estimate of drug-likeness (QED) is 0.546. The Hall–Kier alpha value is 0.240. The molecule has 0 aromatic heterocycles. The lowest BCUT2D eigenvalue weighted by atomic mass is 10.2. The molecule has 0 aromatic carbocycles. The van der Waals surface area contributed by atoms with Crippen LogP contribution in [0.1, 0.15) is 25.7 Å². The van der Waals surface area contributed by atoms with E-state index in [4.69, 9.17) is 11.6 Å². The van der Waals surface area contributed by atoms with Gasteiger partial charge in [0.05, 0.1) is 15.9 Å². The van der Waals surface area contributed by atoms with Crippen molar-refractivity contribution in [1.82, 2.24) is 0 Å². The Morgan fingerprint density at radius 3 is 2.36 bits per heavy atom. The molecule has 0 radical (unpaired) electrons. The van der Waals surface area contributed by atoms with Gasteiger partial charge in [-0.15, -0.1) is 11.6 Å². The Labute approximate surface area is 71.8 Å². The molecule has 11 heavy (non-hydrogen) atoms. The van der Waals surface area contributed by atoms with E-state index in [0.29, 0.717) is 0 Å². The SMILES string of the molecule is O=S1(=O)[C@@H]2CC[C@@H]1[C@@H](Cl)CC2. The monoisotopic (exact) mass is 194 g/mol. The van der Waals surface area contributed by atoms with Crippen LogP contribution in [0.15, 0.2) is 0 Å². The van der Waals surface area contributed by atoms with Crippen LogP contribution in [0.25, 0.3) is 0 Å². The van der Waals surface area contributed by atoms with E-state index in [1.54, 1.807) is 0 Å². The molecule has 2 rings (SSSR count). The molecule has 0 N–H and O–H groups in total. The van der Waals surface area contributed by atoms with Crippen LogP contribution < -0.4 is 0 Å². The molecule has 2 nitrogen and oxygen atoms in total. The summed E-state index contributed by atoms with van der Waals surface area (Å²) in [5.74, 6) is 0. The molecule has 4 heteroatoms. The molecule has 0 amide bonds. The van der Waals surface area contributed by atoms with Crippen LogP contribution >= 0.6 is 11.6 Å². The van der Waals surface area contributed by atoms with Crippen LogP contribution in [-0.2, 0) is 9.84 Å². The van der Waals surface area contributed by atoms with Crippen molar-refractivity contribution >= 4 is 21.4 Å². The van der Waals surface area contributed by atoms with Crippen molar-refractivity contribution in [2.45, 2.75) is 41.6 Å². The summed E-state index contributed by atoms with van der Waals surface area (Å²) in [5, 5.41) is -0.385. The first kappa shape index (κ1) is 7.87. The van der Waals surface area contributed by atoms with E-state index in [9.17, 15) is 8.42 Å². The number of sulfone groups is 1. The molecule has 64 valence electrons. The maximum atomic E-state index is 11.5. The van der Waals surface area contributed by atoms with Gasteiger partial charge in [-0.25, -0.2) is 8.42 Å². The molecule has 0 aliphatic carbocycles. The number of hydrogen-bond acceptors (Lipinski definition) is 2. The molecule has 0 spiro atoms. The van der Waals surface area contributed by atoms with Crippen molar-refractivity contribution in [3.63, 3.8) is 0 Å². The second-order valence-corrected chi connectivity index (χ2v) is 6.43. The zero-order chi connectivity index (χ0) is 8.06. The molecule has 2 fully saturated rings. The van der Waals surface area contributed by atoms with Crippen LogP contribution in [0.4, 0.5) is 0 Å². The third kappa shape index (κ3) is 1.01. The van der Waals surface area contributed by atoms with Crippen molar-refractivity contribution in [2.75, 3.05) is 0 Å². The summed E-state index contributed by atoms with van der Waals surface area (Å²) in [6.45, 7) is 0. The molecule has 2 saturated heterocycles. The standard InChI is InChI=1S/C7H11ClO2S/c8-6-3-1-5-2-4-7(6)11(5,9)10/h5-7H,1-4H2/t5-,6-,7+/m0/s1. The third-order valence-electron chi connectivity index (χ3n) is 2.83. The maximum Gasteiger partial charge on any atom is 0.157 e. The Morgan fingerprint density at radius 1 is 1.09 bits per heavy atom. The maximum absolute atomic E-state index is 11.5. The highest BCUT2D eigenvalue weighted by molar-refractivity contribution is 7.93. The van der Waals surface area contributed by atoms with Crippen LogP contribution in [-0.4, -0.2) is 24.3 Å². The van der Waals surface area contributed by atoms with Gasteiger partial charge in [-0.1, -0.05) is 0 Å². The van der Waals surface area contributed by atoms with Crippen molar-refractivity contribution < 1.29 is 8.42 Å². The van der Waals surface area contributed by atoms with E-state index in [1.165, 1.54) is 0 Å². The van der Waals surface area contributed by atoms with Gasteiger partial charge in [-0.05, 0) is 25.7 Å². The van der Waals surface area contributed by atoms with Crippen LogP contribution in [0, 0.1) is 0 Å². The number of halogens is 1. The van der Waals surface area contributed by atoms with Gasteiger partial charge in [0.2, 0.25) is 0 Å². The Morgan fingerprint density at radius 2 is 1.73 bits per heavy atom. The first-order valence-corrected chi connectivity index (χ1v) is 6.04. The first-order chi connectivity index (χ1) is 5.12. The highest BCUT2D eigenvalue weighted by Crippen LogP contribution is 2.40. The summed E-state index contributed by atoms with van der Waals surface area (Å²) in [6, 6.07) is 0. The molecule has 0 unspecified atom stereocenters. The molecular formula is C7H11ClO2S. The van der Waals surface area contributed by atoms with E-state index in [-0.39, 0.29) is 15.9 Å². The average Bonchev–Trinajstić information content (AvgIpc) is 2.15. The van der Waals surface area contributed by atoms with E-state index in [0.717, 1.165) is 25.7 Å². The second kappa shape index (κ2) is 2.36. The highest BCUT2D eigenvalue weighted by atomic mass is 35.5. The fourth-order valence-corrected chi connectivity index (χ4v) is 5.27. The number of rotatable bonds is 0. The van der Waals surface area contributed by atoms with E-state index in [1.807, 2.05) is 0 Å². The van der Waals surface area contributed by atoms with Gasteiger partial charge in [-0.3, -0.25) is 0 Å². The summed E-state index contributed by atoms with van der Waals surface area (Å²) < 4.78 is 23.0. The summed E-state index contributed by atoms with van der Waals surface area (Å²) in [6.07, 6.45) is 3.31. The normalized spacial score (nSPS) is 47.5. The number of fused-ring (bicyclic) bond motifs is 2. The van der Waals surface area contributed by atoms with Crippen LogP contribution in [0.2, 0.25) is 0 Å². The molecule has 2 heterocycles. The van der Waals surface area contributed by atoms with Crippen molar-refractivity contribution in [3.05, 3.63) is 0 Å². The van der Waals surface area contributed by atoms with E-state index >= 15 is 0 Å². The molecule has 3 atom stereocenters. The zero-order valence-electron chi connectivity index (χ0n) is 6.16. The van der Waals surface area contributed by atoms with Crippen LogP contribution in [0.3, 0.4) is 0 Å². The zero-order valence-corrected chi connectivity index (χ0v) is 7.74. The molecule has 2 aliphatic rings. The largest absolute Gasteiger partial charge is 0.228 e. The number of hydrogen-bond donors (Lipinski definition) is 0. The molecular weight excluding hydrogens is 184 g/mol. The van der Waals surface area contributed by atoms with E-state index < -0.39 is 9.84 Å². The summed E-state index contributed by atoms with van der Waals surface area (Å²) in [7, 11) is -2.81. The van der Waals surface area contributed by atoms with Gasteiger partial charge < -0.3 is 0 Å². The fraction of sp³-hybridized carbons (Fsp3) is 1.00. The minimum Gasteiger partial charge on any atom is -0.228 e. The Kier molecular flexibility index (Phi) is 1.69. The molecule has 2 aliphatic heterocycles. The minimum atomic E-state index is -2.81. The molecule has 0 aromatic rings. The van der Waals surface area contributed by atoms with Crippen LogP contribution in [0.5, 0.6) is 0 Å². The predicted octanol–water partition coefficient (Wildman–Crippen LogP) is 1.33. The second-order valence-electron chi connectivity index (χ2n) is 3.42. The van der Waals surface area contributed by atoms with Crippen molar-refractivity contribution in [3.8, 4) is 0 Å². The molecule has 0 saturated carbocycles. The average molecular weight is 195 g/mol. The van der Waals surface area contributed by atoms with Gasteiger partial charge in [0.15, 0.2) is 9.84 Å². The van der Waals surface area contributed by atoms with Gasteiger partial charge in [0, 0.05) is 0 Å².